The second kappa shape index (κ2) is 6.11. The Morgan fingerprint density at radius 2 is 1.81 bits per heavy atom. The summed E-state index contributed by atoms with van der Waals surface area (Å²) in [6.45, 7) is 0. The molecule has 0 aliphatic carbocycles. The molecule has 0 fully saturated rings. The first-order valence-electron chi connectivity index (χ1n) is 5.68. The lowest BCUT2D eigenvalue weighted by Crippen LogP contribution is -2.13. The van der Waals surface area contributed by atoms with Crippen LogP contribution >= 0.6 is 23.2 Å². The summed E-state index contributed by atoms with van der Waals surface area (Å²) in [4.78, 5) is 23.0. The van der Waals surface area contributed by atoms with Crippen molar-refractivity contribution < 1.29 is 19.1 Å². The highest BCUT2D eigenvalue weighted by Gasteiger charge is 2.15. The van der Waals surface area contributed by atoms with Crippen LogP contribution in [0.2, 0.25) is 10.0 Å². The van der Waals surface area contributed by atoms with Crippen LogP contribution in [-0.2, 0) is 0 Å². The van der Waals surface area contributed by atoms with Crippen molar-refractivity contribution >= 4 is 40.8 Å². The van der Waals surface area contributed by atoms with E-state index in [1.807, 2.05) is 0 Å². The standard InChI is InChI=1S/C14H8Cl2FNO3/c15-10-5-4-7(6-9(10)14(20)21)18-13(19)8-2-1-3-11(17)12(8)16/h1-6H,(H,18,19)(H,20,21). The third-order valence-corrected chi connectivity index (χ3v) is 3.36. The van der Waals surface area contributed by atoms with Crippen LogP contribution in [0.3, 0.4) is 0 Å². The molecule has 108 valence electrons. The molecular formula is C14H8Cl2FNO3. The molecule has 1 amide bonds. The van der Waals surface area contributed by atoms with E-state index in [9.17, 15) is 14.0 Å². The summed E-state index contributed by atoms with van der Waals surface area (Å²) in [5.41, 5.74) is 0.00502. The molecule has 0 unspecified atom stereocenters. The van der Waals surface area contributed by atoms with Gasteiger partial charge in [-0.05, 0) is 30.3 Å². The normalized spacial score (nSPS) is 10.2. The van der Waals surface area contributed by atoms with Crippen molar-refractivity contribution in [2.75, 3.05) is 5.32 Å². The smallest absolute Gasteiger partial charge is 0.337 e. The van der Waals surface area contributed by atoms with Crippen molar-refractivity contribution in [2.24, 2.45) is 0 Å². The van der Waals surface area contributed by atoms with Gasteiger partial charge in [0.15, 0.2) is 0 Å². The SMILES string of the molecule is O=C(O)c1cc(NC(=O)c2cccc(F)c2Cl)ccc1Cl. The molecule has 0 bridgehead atoms. The van der Waals surface area contributed by atoms with E-state index in [2.05, 4.69) is 5.32 Å². The van der Waals surface area contributed by atoms with Gasteiger partial charge in [-0.15, -0.1) is 0 Å². The Morgan fingerprint density at radius 3 is 2.48 bits per heavy atom. The average Bonchev–Trinajstić information content (AvgIpc) is 2.43. The number of rotatable bonds is 3. The minimum atomic E-state index is -1.22. The van der Waals surface area contributed by atoms with Crippen molar-refractivity contribution in [3.05, 3.63) is 63.4 Å². The van der Waals surface area contributed by atoms with Crippen LogP contribution in [0.25, 0.3) is 0 Å². The molecule has 2 rings (SSSR count). The molecule has 7 heteroatoms. The van der Waals surface area contributed by atoms with Gasteiger partial charge in [-0.1, -0.05) is 29.3 Å². The van der Waals surface area contributed by atoms with Crippen molar-refractivity contribution in [3.63, 3.8) is 0 Å². The summed E-state index contributed by atoms with van der Waals surface area (Å²) in [5, 5.41) is 11.1. The minimum absolute atomic E-state index is 0.0456. The lowest BCUT2D eigenvalue weighted by Gasteiger charge is -2.08. The zero-order valence-corrected chi connectivity index (χ0v) is 11.9. The maximum atomic E-state index is 13.3. The zero-order valence-electron chi connectivity index (χ0n) is 10.4. The van der Waals surface area contributed by atoms with E-state index in [4.69, 9.17) is 28.3 Å². The predicted molar refractivity (Wildman–Crippen MR) is 77.8 cm³/mol. The first kappa shape index (κ1) is 15.3. The Balaban J connectivity index is 2.30. The fourth-order valence-electron chi connectivity index (χ4n) is 1.64. The van der Waals surface area contributed by atoms with Gasteiger partial charge in [0, 0.05) is 5.69 Å². The van der Waals surface area contributed by atoms with E-state index in [0.717, 1.165) is 6.07 Å². The largest absolute Gasteiger partial charge is 0.478 e. The molecule has 0 saturated heterocycles. The highest BCUT2D eigenvalue weighted by molar-refractivity contribution is 6.35. The number of hydrogen-bond acceptors (Lipinski definition) is 2. The van der Waals surface area contributed by atoms with Gasteiger partial charge in [0.05, 0.1) is 21.2 Å². The highest BCUT2D eigenvalue weighted by atomic mass is 35.5. The minimum Gasteiger partial charge on any atom is -0.478 e. The second-order valence-corrected chi connectivity index (χ2v) is 4.84. The van der Waals surface area contributed by atoms with Gasteiger partial charge in [-0.25, -0.2) is 9.18 Å². The van der Waals surface area contributed by atoms with Gasteiger partial charge in [-0.3, -0.25) is 4.79 Å². The molecule has 2 aromatic carbocycles. The molecule has 0 heterocycles. The van der Waals surface area contributed by atoms with Crippen molar-refractivity contribution in [3.8, 4) is 0 Å². The van der Waals surface area contributed by atoms with Gasteiger partial charge in [-0.2, -0.15) is 0 Å². The maximum absolute atomic E-state index is 13.3. The molecule has 0 saturated carbocycles. The van der Waals surface area contributed by atoms with Gasteiger partial charge >= 0.3 is 5.97 Å². The number of carbonyl (C=O) groups excluding carboxylic acids is 1. The van der Waals surface area contributed by atoms with Crippen LogP contribution in [0.15, 0.2) is 36.4 Å². The first-order chi connectivity index (χ1) is 9.90. The summed E-state index contributed by atoms with van der Waals surface area (Å²) in [5.74, 6) is -2.59. The summed E-state index contributed by atoms with van der Waals surface area (Å²) < 4.78 is 13.3. The number of carbonyl (C=O) groups is 2. The summed E-state index contributed by atoms with van der Waals surface area (Å²) in [6, 6.07) is 7.81. The van der Waals surface area contributed by atoms with Crippen LogP contribution in [0.4, 0.5) is 10.1 Å². The molecule has 0 spiro atoms. The quantitative estimate of drug-likeness (QED) is 0.892. The number of nitrogens with one attached hydrogen (secondary N) is 1. The van der Waals surface area contributed by atoms with Crippen molar-refractivity contribution in [1.29, 1.82) is 0 Å². The molecule has 0 aliphatic heterocycles. The highest BCUT2D eigenvalue weighted by Crippen LogP contribution is 2.23. The van der Waals surface area contributed by atoms with E-state index < -0.39 is 17.7 Å². The summed E-state index contributed by atoms with van der Waals surface area (Å²) in [7, 11) is 0. The molecule has 0 aliphatic rings. The topological polar surface area (TPSA) is 66.4 Å². The third-order valence-electron chi connectivity index (χ3n) is 2.65. The molecule has 4 nitrogen and oxygen atoms in total. The number of hydrogen-bond donors (Lipinski definition) is 2. The van der Waals surface area contributed by atoms with Gasteiger partial charge in [0.25, 0.3) is 5.91 Å². The molecule has 21 heavy (non-hydrogen) atoms. The molecule has 0 atom stereocenters. The summed E-state index contributed by atoms with van der Waals surface area (Å²) >= 11 is 11.4. The van der Waals surface area contributed by atoms with E-state index >= 15 is 0 Å². The van der Waals surface area contributed by atoms with E-state index in [-0.39, 0.29) is 26.9 Å². The van der Waals surface area contributed by atoms with Crippen LogP contribution in [0.1, 0.15) is 20.7 Å². The monoisotopic (exact) mass is 327 g/mol. The third kappa shape index (κ3) is 3.32. The van der Waals surface area contributed by atoms with Gasteiger partial charge < -0.3 is 10.4 Å². The van der Waals surface area contributed by atoms with E-state index in [1.54, 1.807) is 0 Å². The van der Waals surface area contributed by atoms with Gasteiger partial charge in [0.1, 0.15) is 5.82 Å². The fraction of sp³-hybridized carbons (Fsp3) is 0. The van der Waals surface area contributed by atoms with E-state index in [1.165, 1.54) is 30.3 Å². The molecule has 0 aromatic heterocycles. The summed E-state index contributed by atoms with van der Waals surface area (Å²) in [6.07, 6.45) is 0. The lowest BCUT2D eigenvalue weighted by molar-refractivity contribution is 0.0696. The van der Waals surface area contributed by atoms with Crippen molar-refractivity contribution in [2.45, 2.75) is 0 Å². The zero-order chi connectivity index (χ0) is 15.6. The number of carboxylic acid groups (broad SMARTS) is 1. The molecule has 2 aromatic rings. The Hall–Kier alpha value is -2.11. The van der Waals surface area contributed by atoms with Crippen LogP contribution < -0.4 is 5.32 Å². The van der Waals surface area contributed by atoms with Crippen LogP contribution in [0.5, 0.6) is 0 Å². The van der Waals surface area contributed by atoms with E-state index in [0.29, 0.717) is 0 Å². The Kier molecular flexibility index (Phi) is 4.45. The number of aromatic carboxylic acids is 1. The Bertz CT molecular complexity index is 734. The molecule has 0 radical (unpaired) electrons. The number of amides is 1. The predicted octanol–water partition coefficient (Wildman–Crippen LogP) is 4.08. The maximum Gasteiger partial charge on any atom is 0.337 e. The Labute approximate surface area is 129 Å². The molecular weight excluding hydrogens is 320 g/mol. The Morgan fingerprint density at radius 1 is 1.10 bits per heavy atom. The van der Waals surface area contributed by atoms with Crippen LogP contribution in [0, 0.1) is 5.82 Å². The number of benzene rings is 2. The average molecular weight is 328 g/mol. The van der Waals surface area contributed by atoms with Crippen LogP contribution in [-0.4, -0.2) is 17.0 Å². The first-order valence-corrected chi connectivity index (χ1v) is 6.44. The number of anilines is 1. The van der Waals surface area contributed by atoms with Crippen molar-refractivity contribution in [1.82, 2.24) is 0 Å². The number of carboxylic acids is 1. The van der Waals surface area contributed by atoms with Gasteiger partial charge in [0.2, 0.25) is 0 Å². The fourth-order valence-corrected chi connectivity index (χ4v) is 2.05. The molecule has 2 N–H and O–H groups in total. The second-order valence-electron chi connectivity index (χ2n) is 4.06. The number of halogens is 3. The lowest BCUT2D eigenvalue weighted by atomic mass is 10.1.